The number of para-hydroxylation sites is 1. The van der Waals surface area contributed by atoms with E-state index in [4.69, 9.17) is 5.11 Å². The number of aliphatic hydroxyl groups excluding tert-OH is 1. The maximum Gasteiger partial charge on any atom is 0.0532 e. The van der Waals surface area contributed by atoms with Crippen LogP contribution in [0, 0.1) is 0 Å². The summed E-state index contributed by atoms with van der Waals surface area (Å²) in [6, 6.07) is 11.0. The van der Waals surface area contributed by atoms with Crippen LogP contribution in [0.2, 0.25) is 0 Å². The first-order valence-electron chi connectivity index (χ1n) is 7.08. The summed E-state index contributed by atoms with van der Waals surface area (Å²) in [7, 11) is 2.17. The molecule has 0 unspecified atom stereocenters. The Labute approximate surface area is 122 Å². The highest BCUT2D eigenvalue weighted by Gasteiger charge is 2.24. The molecule has 0 bridgehead atoms. The fraction of sp³-hybridized carbons (Fsp3) is 0.294. The van der Waals surface area contributed by atoms with Gasteiger partial charge in [-0.1, -0.05) is 18.2 Å². The number of thiophene rings is 1. The molecule has 1 aromatic carbocycles. The van der Waals surface area contributed by atoms with Crippen LogP contribution in [0.3, 0.4) is 0 Å². The summed E-state index contributed by atoms with van der Waals surface area (Å²) < 4.78 is 2.33. The van der Waals surface area contributed by atoms with E-state index < -0.39 is 0 Å². The van der Waals surface area contributed by atoms with E-state index in [0.29, 0.717) is 0 Å². The molecule has 2 nitrogen and oxygen atoms in total. The smallest absolute Gasteiger partial charge is 0.0532 e. The Morgan fingerprint density at radius 3 is 2.95 bits per heavy atom. The molecule has 1 aliphatic rings. The molecule has 2 heterocycles. The topological polar surface area (TPSA) is 25.2 Å². The maximum absolute atomic E-state index is 9.15. The number of aryl methyl sites for hydroxylation is 3. The van der Waals surface area contributed by atoms with Crippen LogP contribution in [-0.4, -0.2) is 16.3 Å². The van der Waals surface area contributed by atoms with Crippen LogP contribution in [0.4, 0.5) is 0 Å². The van der Waals surface area contributed by atoms with Crippen LogP contribution in [0.1, 0.15) is 15.3 Å². The lowest BCUT2D eigenvalue weighted by Crippen LogP contribution is -2.02. The first-order chi connectivity index (χ1) is 9.79. The Morgan fingerprint density at radius 1 is 1.25 bits per heavy atom. The third kappa shape index (κ3) is 1.60. The first-order valence-corrected chi connectivity index (χ1v) is 7.90. The first kappa shape index (κ1) is 12.2. The van der Waals surface area contributed by atoms with Crippen LogP contribution >= 0.6 is 11.3 Å². The third-order valence-corrected chi connectivity index (χ3v) is 5.54. The third-order valence-electron chi connectivity index (χ3n) is 4.29. The molecule has 0 atom stereocenters. The van der Waals surface area contributed by atoms with Crippen LogP contribution < -0.4 is 0 Å². The van der Waals surface area contributed by atoms with Crippen molar-refractivity contribution in [1.29, 1.82) is 0 Å². The van der Waals surface area contributed by atoms with E-state index in [1.807, 2.05) is 11.3 Å². The highest BCUT2D eigenvalue weighted by Crippen LogP contribution is 2.42. The highest BCUT2D eigenvalue weighted by molar-refractivity contribution is 7.12. The average Bonchev–Trinajstić information content (AvgIpc) is 2.99. The lowest BCUT2D eigenvalue weighted by Gasteiger charge is -2.14. The number of aromatic nitrogens is 1. The summed E-state index contributed by atoms with van der Waals surface area (Å²) in [5, 5.41) is 10.5. The summed E-state index contributed by atoms with van der Waals surface area (Å²) in [5.74, 6) is 0. The Bertz CT molecular complexity index is 797. The molecule has 4 rings (SSSR count). The number of benzene rings is 1. The van der Waals surface area contributed by atoms with E-state index in [-0.39, 0.29) is 6.61 Å². The number of aliphatic hydroxyl groups is 1. The van der Waals surface area contributed by atoms with Crippen LogP contribution in [0.15, 0.2) is 30.3 Å². The molecule has 1 N–H and O–H groups in total. The molecule has 0 saturated heterocycles. The summed E-state index contributed by atoms with van der Waals surface area (Å²) in [4.78, 5) is 2.78. The lowest BCUT2D eigenvalue weighted by molar-refractivity contribution is 0.300. The van der Waals surface area contributed by atoms with E-state index >= 15 is 0 Å². The van der Waals surface area contributed by atoms with Crippen molar-refractivity contribution in [3.63, 3.8) is 0 Å². The van der Waals surface area contributed by atoms with E-state index in [9.17, 15) is 0 Å². The predicted octanol–water partition coefficient (Wildman–Crippen LogP) is 3.54. The molecule has 0 spiro atoms. The molecule has 0 amide bonds. The van der Waals surface area contributed by atoms with E-state index in [1.165, 1.54) is 37.5 Å². The number of nitrogens with zero attached hydrogens (tertiary/aromatic N) is 1. The van der Waals surface area contributed by atoms with Gasteiger partial charge in [0.1, 0.15) is 0 Å². The van der Waals surface area contributed by atoms with Crippen LogP contribution in [-0.2, 0) is 26.3 Å². The second-order valence-corrected chi connectivity index (χ2v) is 6.65. The maximum atomic E-state index is 9.15. The van der Waals surface area contributed by atoms with Crippen molar-refractivity contribution in [2.75, 3.05) is 6.61 Å². The standard InChI is InChI=1S/C17H17NOS/c1-18-15-5-3-2-4-12(15)13-6-7-16-14(17(13)18)10-11(20-16)8-9-19/h2-5,10,19H,6-9H2,1H3. The zero-order valence-corrected chi connectivity index (χ0v) is 12.3. The molecule has 1 aliphatic carbocycles. The summed E-state index contributed by atoms with van der Waals surface area (Å²) >= 11 is 1.87. The Balaban J connectivity index is 1.99. The zero-order valence-electron chi connectivity index (χ0n) is 11.5. The van der Waals surface area contributed by atoms with Gasteiger partial charge in [0, 0.05) is 46.3 Å². The molecule has 3 aromatic rings. The van der Waals surface area contributed by atoms with E-state index in [2.05, 4.69) is 41.9 Å². The molecule has 0 saturated carbocycles. The van der Waals surface area contributed by atoms with Gasteiger partial charge in [0.2, 0.25) is 0 Å². The number of rotatable bonds is 2. The highest BCUT2D eigenvalue weighted by atomic mass is 32.1. The largest absolute Gasteiger partial charge is 0.396 e. The fourth-order valence-corrected chi connectivity index (χ4v) is 4.57. The van der Waals surface area contributed by atoms with Gasteiger partial charge in [0.25, 0.3) is 0 Å². The van der Waals surface area contributed by atoms with Gasteiger partial charge in [0.05, 0.1) is 5.69 Å². The lowest BCUT2D eigenvalue weighted by atomic mass is 9.94. The molecule has 20 heavy (non-hydrogen) atoms. The van der Waals surface area contributed by atoms with Gasteiger partial charge in [-0.05, 0) is 30.5 Å². The van der Waals surface area contributed by atoms with Gasteiger partial charge in [-0.2, -0.15) is 0 Å². The molecule has 0 radical (unpaired) electrons. The quantitative estimate of drug-likeness (QED) is 0.764. The van der Waals surface area contributed by atoms with Crippen molar-refractivity contribution in [3.8, 4) is 11.3 Å². The fourth-order valence-electron chi connectivity index (χ4n) is 3.41. The number of fused-ring (bicyclic) bond motifs is 5. The normalized spacial score (nSPS) is 13.5. The average molecular weight is 283 g/mol. The molecule has 0 fully saturated rings. The Kier molecular flexibility index (Phi) is 2.72. The predicted molar refractivity (Wildman–Crippen MR) is 84.4 cm³/mol. The molecular formula is C17H17NOS. The van der Waals surface area contributed by atoms with Gasteiger partial charge in [-0.3, -0.25) is 0 Å². The van der Waals surface area contributed by atoms with Gasteiger partial charge >= 0.3 is 0 Å². The SMILES string of the molecule is Cn1c2c(c3ccccc31)CCc1sc(CCO)cc1-2. The summed E-state index contributed by atoms with van der Waals surface area (Å²) in [6.45, 7) is 0.237. The van der Waals surface area contributed by atoms with Gasteiger partial charge in [-0.25, -0.2) is 0 Å². The van der Waals surface area contributed by atoms with E-state index in [1.54, 1.807) is 0 Å². The molecule has 0 aliphatic heterocycles. The van der Waals surface area contributed by atoms with Gasteiger partial charge in [0.15, 0.2) is 0 Å². The minimum atomic E-state index is 0.237. The number of hydrogen-bond acceptors (Lipinski definition) is 2. The van der Waals surface area contributed by atoms with Crippen molar-refractivity contribution < 1.29 is 5.11 Å². The van der Waals surface area contributed by atoms with Crippen LogP contribution in [0.25, 0.3) is 22.2 Å². The van der Waals surface area contributed by atoms with Crippen LogP contribution in [0.5, 0.6) is 0 Å². The van der Waals surface area contributed by atoms with Crippen molar-refractivity contribution in [2.24, 2.45) is 7.05 Å². The second kappa shape index (κ2) is 4.47. The van der Waals surface area contributed by atoms with Crippen molar-refractivity contribution in [2.45, 2.75) is 19.3 Å². The molecule has 102 valence electrons. The summed E-state index contributed by atoms with van der Waals surface area (Å²) in [6.07, 6.45) is 3.03. The second-order valence-electron chi connectivity index (χ2n) is 5.43. The Hall–Kier alpha value is -1.58. The molecule has 3 heteroatoms. The minimum Gasteiger partial charge on any atom is -0.396 e. The minimum absolute atomic E-state index is 0.237. The number of hydrogen-bond donors (Lipinski definition) is 1. The monoisotopic (exact) mass is 283 g/mol. The van der Waals surface area contributed by atoms with E-state index in [0.717, 1.165) is 19.3 Å². The Morgan fingerprint density at radius 2 is 2.10 bits per heavy atom. The van der Waals surface area contributed by atoms with Crippen molar-refractivity contribution in [1.82, 2.24) is 4.57 Å². The van der Waals surface area contributed by atoms with Gasteiger partial charge in [-0.15, -0.1) is 11.3 Å². The molecular weight excluding hydrogens is 266 g/mol. The molecule has 2 aromatic heterocycles. The summed E-state index contributed by atoms with van der Waals surface area (Å²) in [5.41, 5.74) is 5.58. The van der Waals surface area contributed by atoms with Gasteiger partial charge < -0.3 is 9.67 Å². The van der Waals surface area contributed by atoms with Crippen molar-refractivity contribution in [3.05, 3.63) is 45.6 Å². The zero-order chi connectivity index (χ0) is 13.7. The van der Waals surface area contributed by atoms with Crippen molar-refractivity contribution >= 4 is 22.2 Å².